The third-order valence-electron chi connectivity index (χ3n) is 3.05. The molecule has 2 aromatic rings. The van der Waals surface area contributed by atoms with Gasteiger partial charge in [-0.1, -0.05) is 37.6 Å². The lowest BCUT2D eigenvalue weighted by atomic mass is 10.0. The fraction of sp³-hybridized carbons (Fsp3) is 0.312. The molecule has 0 radical (unpaired) electrons. The molecule has 0 saturated carbocycles. The van der Waals surface area contributed by atoms with Crippen LogP contribution in [0.15, 0.2) is 42.6 Å². The van der Waals surface area contributed by atoms with Crippen LogP contribution >= 0.6 is 0 Å². The predicted molar refractivity (Wildman–Crippen MR) is 74.9 cm³/mol. The van der Waals surface area contributed by atoms with Gasteiger partial charge in [0, 0.05) is 17.8 Å². The summed E-state index contributed by atoms with van der Waals surface area (Å²) in [6.07, 6.45) is 4.98. The van der Waals surface area contributed by atoms with E-state index >= 15 is 0 Å². The molecule has 0 amide bonds. The first kappa shape index (κ1) is 14.4. The van der Waals surface area contributed by atoms with E-state index in [-0.39, 0.29) is 5.88 Å². The van der Waals surface area contributed by atoms with Crippen LogP contribution < -0.4 is 4.74 Å². The second-order valence-electron chi connectivity index (χ2n) is 4.56. The number of halogens is 2. The van der Waals surface area contributed by atoms with E-state index in [2.05, 4.69) is 28.8 Å². The van der Waals surface area contributed by atoms with Crippen molar-refractivity contribution in [1.82, 2.24) is 4.98 Å². The Hall–Kier alpha value is -1.97. The van der Waals surface area contributed by atoms with Crippen LogP contribution in [0.2, 0.25) is 0 Å². The Morgan fingerprint density at radius 2 is 1.75 bits per heavy atom. The number of pyridine rings is 1. The van der Waals surface area contributed by atoms with Gasteiger partial charge in [-0.3, -0.25) is 0 Å². The number of ether oxygens (including phenoxy) is 1. The van der Waals surface area contributed by atoms with Crippen LogP contribution in [0.5, 0.6) is 5.88 Å². The van der Waals surface area contributed by atoms with Gasteiger partial charge in [0.05, 0.1) is 0 Å². The summed E-state index contributed by atoms with van der Waals surface area (Å²) >= 11 is 0. The maximum absolute atomic E-state index is 12.0. The van der Waals surface area contributed by atoms with Crippen molar-refractivity contribution in [3.05, 3.63) is 48.2 Å². The molecule has 1 heterocycles. The van der Waals surface area contributed by atoms with Crippen LogP contribution in [0.1, 0.15) is 25.3 Å². The Bertz CT molecular complexity index is 523. The minimum atomic E-state index is -2.84. The van der Waals surface area contributed by atoms with Crippen LogP contribution in [-0.2, 0) is 6.42 Å². The van der Waals surface area contributed by atoms with E-state index in [0.717, 1.165) is 17.5 Å². The summed E-state index contributed by atoms with van der Waals surface area (Å²) in [5.74, 6) is -0.0664. The van der Waals surface area contributed by atoms with Crippen molar-refractivity contribution in [2.24, 2.45) is 0 Å². The van der Waals surface area contributed by atoms with Crippen LogP contribution in [0.25, 0.3) is 11.1 Å². The van der Waals surface area contributed by atoms with Gasteiger partial charge in [0.2, 0.25) is 5.88 Å². The van der Waals surface area contributed by atoms with E-state index in [1.54, 1.807) is 12.3 Å². The monoisotopic (exact) mass is 277 g/mol. The molecule has 0 N–H and O–H groups in total. The van der Waals surface area contributed by atoms with Gasteiger partial charge in [0.1, 0.15) is 0 Å². The van der Waals surface area contributed by atoms with Gasteiger partial charge in [0.25, 0.3) is 0 Å². The molecule has 1 aromatic carbocycles. The second kappa shape index (κ2) is 6.98. The Kier molecular flexibility index (Phi) is 5.04. The molecule has 106 valence electrons. The zero-order chi connectivity index (χ0) is 14.4. The molecule has 0 atom stereocenters. The highest BCUT2D eigenvalue weighted by Gasteiger charge is 2.05. The van der Waals surface area contributed by atoms with E-state index in [1.165, 1.54) is 24.5 Å². The third-order valence-corrected chi connectivity index (χ3v) is 3.05. The molecule has 0 aliphatic heterocycles. The highest BCUT2D eigenvalue weighted by Crippen LogP contribution is 2.22. The molecule has 0 aliphatic carbocycles. The van der Waals surface area contributed by atoms with Crippen LogP contribution in [0.3, 0.4) is 0 Å². The Labute approximate surface area is 117 Å². The van der Waals surface area contributed by atoms with Crippen LogP contribution in [0.4, 0.5) is 8.78 Å². The topological polar surface area (TPSA) is 22.1 Å². The van der Waals surface area contributed by atoms with Crippen molar-refractivity contribution in [2.75, 3.05) is 0 Å². The van der Waals surface area contributed by atoms with Gasteiger partial charge in [-0.15, -0.1) is 0 Å². The average molecular weight is 277 g/mol. The number of rotatable bonds is 6. The minimum Gasteiger partial charge on any atom is -0.417 e. The molecule has 4 heteroatoms. The lowest BCUT2D eigenvalue weighted by Crippen LogP contribution is -2.03. The lowest BCUT2D eigenvalue weighted by Gasteiger charge is -2.06. The second-order valence-corrected chi connectivity index (χ2v) is 4.56. The van der Waals surface area contributed by atoms with E-state index in [1.807, 2.05) is 12.1 Å². The maximum atomic E-state index is 12.0. The number of alkyl halides is 2. The zero-order valence-electron chi connectivity index (χ0n) is 11.4. The Morgan fingerprint density at radius 3 is 2.30 bits per heavy atom. The average Bonchev–Trinajstić information content (AvgIpc) is 2.46. The standard InChI is InChI=1S/C16H17F2NO/c1-2-3-4-12-5-7-13(8-6-12)14-9-10-15(19-11-14)20-16(17)18/h5-11,16H,2-4H2,1H3. The SMILES string of the molecule is CCCCc1ccc(-c2ccc(OC(F)F)nc2)cc1. The van der Waals surface area contributed by atoms with Crippen molar-refractivity contribution in [3.8, 4) is 17.0 Å². The van der Waals surface area contributed by atoms with Gasteiger partial charge in [-0.05, 0) is 30.0 Å². The molecule has 1 aromatic heterocycles. The molecule has 0 bridgehead atoms. The highest BCUT2D eigenvalue weighted by atomic mass is 19.3. The van der Waals surface area contributed by atoms with Gasteiger partial charge in [-0.25, -0.2) is 4.98 Å². The number of benzene rings is 1. The summed E-state index contributed by atoms with van der Waals surface area (Å²) in [5, 5.41) is 0. The predicted octanol–water partition coefficient (Wildman–Crippen LogP) is 4.69. The van der Waals surface area contributed by atoms with Crippen LogP contribution in [-0.4, -0.2) is 11.6 Å². The smallest absolute Gasteiger partial charge is 0.388 e. The molecule has 20 heavy (non-hydrogen) atoms. The largest absolute Gasteiger partial charge is 0.417 e. The first-order chi connectivity index (χ1) is 9.69. The summed E-state index contributed by atoms with van der Waals surface area (Å²) in [7, 11) is 0. The molecule has 0 aliphatic rings. The lowest BCUT2D eigenvalue weighted by molar-refractivity contribution is -0.0528. The maximum Gasteiger partial charge on any atom is 0.388 e. The van der Waals surface area contributed by atoms with Crippen molar-refractivity contribution >= 4 is 0 Å². The summed E-state index contributed by atoms with van der Waals surface area (Å²) in [6, 6.07) is 11.4. The van der Waals surface area contributed by atoms with E-state index in [9.17, 15) is 8.78 Å². The van der Waals surface area contributed by atoms with Crippen LogP contribution in [0, 0.1) is 0 Å². The zero-order valence-corrected chi connectivity index (χ0v) is 11.4. The fourth-order valence-electron chi connectivity index (χ4n) is 1.96. The van der Waals surface area contributed by atoms with Crippen molar-refractivity contribution < 1.29 is 13.5 Å². The fourth-order valence-corrected chi connectivity index (χ4v) is 1.96. The molecule has 2 rings (SSSR count). The molecule has 0 fully saturated rings. The number of hydrogen-bond acceptors (Lipinski definition) is 2. The molecule has 2 nitrogen and oxygen atoms in total. The van der Waals surface area contributed by atoms with Gasteiger partial charge >= 0.3 is 6.61 Å². The molecule has 0 spiro atoms. The summed E-state index contributed by atoms with van der Waals surface area (Å²) < 4.78 is 28.3. The van der Waals surface area contributed by atoms with E-state index < -0.39 is 6.61 Å². The van der Waals surface area contributed by atoms with Gasteiger partial charge in [0.15, 0.2) is 0 Å². The molecular weight excluding hydrogens is 260 g/mol. The number of nitrogens with zero attached hydrogens (tertiary/aromatic N) is 1. The number of hydrogen-bond donors (Lipinski definition) is 0. The van der Waals surface area contributed by atoms with E-state index in [0.29, 0.717) is 0 Å². The highest BCUT2D eigenvalue weighted by molar-refractivity contribution is 5.62. The van der Waals surface area contributed by atoms with Gasteiger partial charge < -0.3 is 4.74 Å². The molecular formula is C16H17F2NO. The number of aromatic nitrogens is 1. The summed E-state index contributed by atoms with van der Waals surface area (Å²) in [6.45, 7) is -0.672. The first-order valence-electron chi connectivity index (χ1n) is 6.69. The first-order valence-corrected chi connectivity index (χ1v) is 6.69. The third kappa shape index (κ3) is 4.02. The van der Waals surface area contributed by atoms with Gasteiger partial charge in [-0.2, -0.15) is 8.78 Å². The summed E-state index contributed by atoms with van der Waals surface area (Å²) in [5.41, 5.74) is 3.20. The molecule has 0 unspecified atom stereocenters. The van der Waals surface area contributed by atoms with E-state index in [4.69, 9.17) is 0 Å². The van der Waals surface area contributed by atoms with Crippen molar-refractivity contribution in [1.29, 1.82) is 0 Å². The van der Waals surface area contributed by atoms with Crippen molar-refractivity contribution in [3.63, 3.8) is 0 Å². The minimum absolute atomic E-state index is 0.0664. The Balaban J connectivity index is 2.07. The summed E-state index contributed by atoms with van der Waals surface area (Å²) in [4.78, 5) is 3.87. The molecule has 0 saturated heterocycles. The number of unbranched alkanes of at least 4 members (excludes halogenated alkanes) is 1. The normalized spacial score (nSPS) is 10.8. The quantitative estimate of drug-likeness (QED) is 0.764. The number of aryl methyl sites for hydroxylation is 1. The Morgan fingerprint density at radius 1 is 1.05 bits per heavy atom. The van der Waals surface area contributed by atoms with Crippen molar-refractivity contribution in [2.45, 2.75) is 32.8 Å².